The van der Waals surface area contributed by atoms with Gasteiger partial charge in [-0.05, 0) is 31.5 Å². The second-order valence-corrected chi connectivity index (χ2v) is 4.17. The summed E-state index contributed by atoms with van der Waals surface area (Å²) in [6.07, 6.45) is 0. The summed E-state index contributed by atoms with van der Waals surface area (Å²) >= 11 is 0. The second kappa shape index (κ2) is 9.89. The fourth-order valence-electron chi connectivity index (χ4n) is 1.88. The molecule has 1 rings (SSSR count). The Morgan fingerprint density at radius 2 is 2.11 bits per heavy atom. The summed E-state index contributed by atoms with van der Waals surface area (Å²) < 4.78 is 0. The largest absolute Gasteiger partial charge is 0.370 e. The number of rotatable bonds is 5. The van der Waals surface area contributed by atoms with Crippen molar-refractivity contribution in [3.8, 4) is 0 Å². The zero-order valence-corrected chi connectivity index (χ0v) is 14.6. The average Bonchev–Trinajstić information content (AvgIpc) is 2.39. The number of guanidine groups is 1. The molecule has 0 aliphatic carbocycles. The van der Waals surface area contributed by atoms with E-state index in [4.69, 9.17) is 0 Å². The third-order valence-corrected chi connectivity index (χ3v) is 2.88. The zero-order valence-electron chi connectivity index (χ0n) is 12.2. The summed E-state index contributed by atoms with van der Waals surface area (Å²) in [6.45, 7) is 7.13. The van der Waals surface area contributed by atoms with Crippen LogP contribution in [-0.2, 0) is 0 Å². The van der Waals surface area contributed by atoms with E-state index in [0.29, 0.717) is 0 Å². The average molecular weight is 376 g/mol. The maximum atomic E-state index is 4.09. The molecule has 108 valence electrons. The van der Waals surface area contributed by atoms with E-state index in [0.717, 1.165) is 25.6 Å². The molecule has 0 radical (unpaired) electrons. The number of anilines is 1. The highest BCUT2D eigenvalue weighted by Crippen LogP contribution is 2.14. The molecular weight excluding hydrogens is 351 g/mol. The first kappa shape index (κ1) is 18.0. The van der Waals surface area contributed by atoms with Crippen molar-refractivity contribution in [1.82, 2.24) is 10.6 Å². The summed E-state index contributed by atoms with van der Waals surface area (Å²) in [6, 6.07) is 8.60. The number of nitrogens with one attached hydrogen (secondary N) is 2. The number of hydrogen-bond donors (Lipinski definition) is 2. The van der Waals surface area contributed by atoms with Crippen molar-refractivity contribution in [2.45, 2.75) is 13.8 Å². The molecule has 0 atom stereocenters. The number of nitrogens with zero attached hydrogens (tertiary/aromatic N) is 2. The molecule has 0 saturated carbocycles. The molecule has 0 saturated heterocycles. The highest BCUT2D eigenvalue weighted by Gasteiger charge is 2.04. The van der Waals surface area contributed by atoms with Crippen LogP contribution in [0.3, 0.4) is 0 Å². The van der Waals surface area contributed by atoms with Crippen molar-refractivity contribution in [3.05, 3.63) is 29.8 Å². The first-order valence-electron chi connectivity index (χ1n) is 6.41. The van der Waals surface area contributed by atoms with Crippen LogP contribution in [0.1, 0.15) is 12.5 Å². The fraction of sp³-hybridized carbons (Fsp3) is 0.500. The molecule has 1 aromatic carbocycles. The normalized spacial score (nSPS) is 10.6. The number of likely N-dealkylation sites (N-methyl/N-ethyl adjacent to an activating group) is 1. The summed E-state index contributed by atoms with van der Waals surface area (Å²) in [4.78, 5) is 6.44. The van der Waals surface area contributed by atoms with E-state index in [1.807, 2.05) is 7.05 Å². The van der Waals surface area contributed by atoms with Gasteiger partial charge in [0.1, 0.15) is 0 Å². The molecule has 0 fully saturated rings. The standard InChI is InChI=1S/C14H24N4.HI/c1-5-18(10-9-17-14(15-3)16-4)13-8-6-7-12(2)11-13;/h6-8,11H,5,9-10H2,1-4H3,(H2,15,16,17);1H. The first-order chi connectivity index (χ1) is 8.71. The molecule has 0 bridgehead atoms. The number of benzene rings is 1. The van der Waals surface area contributed by atoms with E-state index in [1.54, 1.807) is 7.05 Å². The van der Waals surface area contributed by atoms with Gasteiger partial charge in [-0.1, -0.05) is 12.1 Å². The molecule has 0 aliphatic rings. The second-order valence-electron chi connectivity index (χ2n) is 4.17. The molecule has 2 N–H and O–H groups in total. The van der Waals surface area contributed by atoms with Crippen LogP contribution in [0.4, 0.5) is 5.69 Å². The topological polar surface area (TPSA) is 39.7 Å². The van der Waals surface area contributed by atoms with Crippen molar-refractivity contribution in [1.29, 1.82) is 0 Å². The molecule has 5 heteroatoms. The van der Waals surface area contributed by atoms with Gasteiger partial charge in [0.2, 0.25) is 0 Å². The van der Waals surface area contributed by atoms with Crippen molar-refractivity contribution < 1.29 is 0 Å². The minimum absolute atomic E-state index is 0. The molecule has 0 spiro atoms. The van der Waals surface area contributed by atoms with Gasteiger partial charge in [0.05, 0.1) is 0 Å². The van der Waals surface area contributed by atoms with E-state index in [-0.39, 0.29) is 24.0 Å². The van der Waals surface area contributed by atoms with Gasteiger partial charge in [0, 0.05) is 39.4 Å². The van der Waals surface area contributed by atoms with Crippen LogP contribution in [0, 0.1) is 6.92 Å². The molecule has 0 heterocycles. The molecule has 0 aliphatic heterocycles. The van der Waals surface area contributed by atoms with Gasteiger partial charge >= 0.3 is 0 Å². The molecule has 4 nitrogen and oxygen atoms in total. The molecule has 0 aromatic heterocycles. The van der Waals surface area contributed by atoms with Crippen molar-refractivity contribution >= 4 is 35.6 Å². The summed E-state index contributed by atoms with van der Waals surface area (Å²) in [5.74, 6) is 0.829. The monoisotopic (exact) mass is 376 g/mol. The fourth-order valence-corrected chi connectivity index (χ4v) is 1.88. The first-order valence-corrected chi connectivity index (χ1v) is 6.41. The van der Waals surface area contributed by atoms with Gasteiger partial charge in [0.15, 0.2) is 5.96 Å². The molecule has 0 amide bonds. The van der Waals surface area contributed by atoms with Gasteiger partial charge in [-0.2, -0.15) is 0 Å². The Labute approximate surface area is 133 Å². The molecule has 0 unspecified atom stereocenters. The SMILES string of the molecule is CCN(CCNC(=NC)NC)c1cccc(C)c1.I. The van der Waals surface area contributed by atoms with E-state index in [9.17, 15) is 0 Å². The lowest BCUT2D eigenvalue weighted by molar-refractivity contribution is 0.764. The van der Waals surface area contributed by atoms with Gasteiger partial charge < -0.3 is 15.5 Å². The minimum Gasteiger partial charge on any atom is -0.370 e. The van der Waals surface area contributed by atoms with Crippen molar-refractivity contribution in [3.63, 3.8) is 0 Å². The van der Waals surface area contributed by atoms with Crippen LogP contribution in [0.5, 0.6) is 0 Å². The van der Waals surface area contributed by atoms with E-state index in [1.165, 1.54) is 11.3 Å². The van der Waals surface area contributed by atoms with E-state index in [2.05, 4.69) is 58.6 Å². The summed E-state index contributed by atoms with van der Waals surface area (Å²) in [5.41, 5.74) is 2.57. The molecule has 1 aromatic rings. The molecular formula is C14H25IN4. The highest BCUT2D eigenvalue weighted by atomic mass is 127. The van der Waals surface area contributed by atoms with Gasteiger partial charge in [0.25, 0.3) is 0 Å². The van der Waals surface area contributed by atoms with Crippen molar-refractivity contribution in [2.75, 3.05) is 38.6 Å². The van der Waals surface area contributed by atoms with Crippen LogP contribution in [0.25, 0.3) is 0 Å². The highest BCUT2D eigenvalue weighted by molar-refractivity contribution is 14.0. The molecule has 19 heavy (non-hydrogen) atoms. The van der Waals surface area contributed by atoms with Gasteiger partial charge in [-0.25, -0.2) is 0 Å². The van der Waals surface area contributed by atoms with Gasteiger partial charge in [-0.15, -0.1) is 24.0 Å². The Bertz CT molecular complexity index is 393. The maximum absolute atomic E-state index is 4.09. The summed E-state index contributed by atoms with van der Waals surface area (Å²) in [5, 5.41) is 6.28. The predicted octanol–water partition coefficient (Wildman–Crippen LogP) is 2.23. The van der Waals surface area contributed by atoms with Crippen LogP contribution in [0.15, 0.2) is 29.3 Å². The van der Waals surface area contributed by atoms with Crippen LogP contribution in [-0.4, -0.2) is 39.7 Å². The lowest BCUT2D eigenvalue weighted by atomic mass is 10.2. The smallest absolute Gasteiger partial charge is 0.190 e. The third kappa shape index (κ3) is 6.13. The van der Waals surface area contributed by atoms with Crippen LogP contribution >= 0.6 is 24.0 Å². The van der Waals surface area contributed by atoms with Gasteiger partial charge in [-0.3, -0.25) is 4.99 Å². The minimum atomic E-state index is 0. The quantitative estimate of drug-likeness (QED) is 0.471. The number of aryl methyl sites for hydroxylation is 1. The Balaban J connectivity index is 0.00000324. The van der Waals surface area contributed by atoms with Crippen LogP contribution in [0.2, 0.25) is 0 Å². The lowest BCUT2D eigenvalue weighted by Crippen LogP contribution is -2.40. The third-order valence-electron chi connectivity index (χ3n) is 2.88. The maximum Gasteiger partial charge on any atom is 0.190 e. The summed E-state index contributed by atoms with van der Waals surface area (Å²) in [7, 11) is 3.64. The Morgan fingerprint density at radius 1 is 1.37 bits per heavy atom. The van der Waals surface area contributed by atoms with Crippen molar-refractivity contribution in [2.24, 2.45) is 4.99 Å². The predicted molar refractivity (Wildman–Crippen MR) is 94.9 cm³/mol. The Hall–Kier alpha value is -0.980. The lowest BCUT2D eigenvalue weighted by Gasteiger charge is -2.24. The van der Waals surface area contributed by atoms with E-state index < -0.39 is 0 Å². The Kier molecular flexibility index (Phi) is 9.38. The number of aliphatic imine (C=N–C) groups is 1. The van der Waals surface area contributed by atoms with Crippen LogP contribution < -0.4 is 15.5 Å². The Morgan fingerprint density at radius 3 is 2.63 bits per heavy atom. The zero-order chi connectivity index (χ0) is 13.4. The number of halogens is 1. The van der Waals surface area contributed by atoms with E-state index >= 15 is 0 Å². The number of hydrogen-bond acceptors (Lipinski definition) is 2.